The fourth-order valence-electron chi connectivity index (χ4n) is 3.21. The lowest BCUT2D eigenvalue weighted by molar-refractivity contribution is 0.0945. The molecule has 4 rings (SSSR count). The van der Waals surface area contributed by atoms with Gasteiger partial charge in [0.25, 0.3) is 5.91 Å². The van der Waals surface area contributed by atoms with Crippen LogP contribution in [0.2, 0.25) is 0 Å². The number of hydrogen-bond donors (Lipinski definition) is 2. The Morgan fingerprint density at radius 1 is 1.33 bits per heavy atom. The van der Waals surface area contributed by atoms with Gasteiger partial charge in [0, 0.05) is 18.7 Å². The van der Waals surface area contributed by atoms with E-state index < -0.39 is 16.1 Å². The standard InChI is InChI=1S/C15H17N5O3S/c21-15-12-8-11(4-3-10(12)5-6-16-15)24(22,23)19-13-2-1-7-20-14(13)17-9-18-20/h3-4,8-9,13,19H,1-2,5-7H2,(H,16,21)/t13-/m1/s1. The molecule has 1 aromatic heterocycles. The number of sulfonamides is 1. The number of aryl methyl sites for hydroxylation is 1. The van der Waals surface area contributed by atoms with Crippen LogP contribution in [-0.2, 0) is 23.0 Å². The first kappa shape index (κ1) is 15.3. The van der Waals surface area contributed by atoms with E-state index in [0.717, 1.165) is 18.5 Å². The first-order valence-corrected chi connectivity index (χ1v) is 9.34. The Labute approximate surface area is 139 Å². The fraction of sp³-hybridized carbons (Fsp3) is 0.400. The van der Waals surface area contributed by atoms with Gasteiger partial charge >= 0.3 is 0 Å². The number of fused-ring (bicyclic) bond motifs is 2. The maximum atomic E-state index is 12.7. The van der Waals surface area contributed by atoms with Gasteiger partial charge in [-0.25, -0.2) is 22.8 Å². The normalized spacial score (nSPS) is 20.2. The van der Waals surface area contributed by atoms with Crippen LogP contribution in [0, 0.1) is 0 Å². The van der Waals surface area contributed by atoms with E-state index in [1.165, 1.54) is 12.4 Å². The van der Waals surface area contributed by atoms with E-state index in [1.54, 1.807) is 16.8 Å². The number of benzene rings is 1. The second-order valence-corrected chi connectivity index (χ2v) is 7.70. The predicted octanol–water partition coefficient (Wildman–Crippen LogP) is 0.377. The van der Waals surface area contributed by atoms with E-state index in [0.29, 0.717) is 30.8 Å². The van der Waals surface area contributed by atoms with Gasteiger partial charge in [0.1, 0.15) is 12.2 Å². The Bertz CT molecular complexity index is 906. The zero-order valence-electron chi connectivity index (χ0n) is 12.9. The molecular formula is C15H17N5O3S. The highest BCUT2D eigenvalue weighted by molar-refractivity contribution is 7.89. The summed E-state index contributed by atoms with van der Waals surface area (Å²) in [6.45, 7) is 1.32. The van der Waals surface area contributed by atoms with Crippen LogP contribution in [0.3, 0.4) is 0 Å². The minimum Gasteiger partial charge on any atom is -0.352 e. The number of nitrogens with one attached hydrogen (secondary N) is 2. The van der Waals surface area contributed by atoms with Gasteiger partial charge in [-0.3, -0.25) is 4.79 Å². The minimum atomic E-state index is -3.75. The minimum absolute atomic E-state index is 0.0925. The molecule has 2 N–H and O–H groups in total. The summed E-state index contributed by atoms with van der Waals surface area (Å²) in [5.41, 5.74) is 1.30. The first-order valence-electron chi connectivity index (χ1n) is 7.86. The smallest absolute Gasteiger partial charge is 0.251 e. The Kier molecular flexibility index (Phi) is 3.61. The average molecular weight is 347 g/mol. The molecule has 0 radical (unpaired) electrons. The lowest BCUT2D eigenvalue weighted by Gasteiger charge is -2.23. The van der Waals surface area contributed by atoms with Crippen molar-refractivity contribution in [3.8, 4) is 0 Å². The zero-order valence-corrected chi connectivity index (χ0v) is 13.7. The Morgan fingerprint density at radius 3 is 3.08 bits per heavy atom. The van der Waals surface area contributed by atoms with Gasteiger partial charge in [-0.1, -0.05) is 6.07 Å². The molecule has 0 spiro atoms. The summed E-state index contributed by atoms with van der Waals surface area (Å²) < 4.78 is 29.9. The lowest BCUT2D eigenvalue weighted by atomic mass is 10.0. The van der Waals surface area contributed by atoms with E-state index >= 15 is 0 Å². The van der Waals surface area contributed by atoms with Crippen LogP contribution in [0.25, 0.3) is 0 Å². The number of rotatable bonds is 3. The van der Waals surface area contributed by atoms with Crippen molar-refractivity contribution in [2.75, 3.05) is 6.54 Å². The largest absolute Gasteiger partial charge is 0.352 e. The second-order valence-electron chi connectivity index (χ2n) is 5.98. The molecule has 0 bridgehead atoms. The molecule has 126 valence electrons. The molecule has 3 heterocycles. The van der Waals surface area contributed by atoms with Crippen molar-refractivity contribution in [3.05, 3.63) is 41.5 Å². The molecule has 2 aromatic rings. The van der Waals surface area contributed by atoms with Crippen molar-refractivity contribution in [2.45, 2.75) is 36.7 Å². The number of carbonyl (C=O) groups excluding carboxylic acids is 1. The van der Waals surface area contributed by atoms with E-state index in [4.69, 9.17) is 0 Å². The van der Waals surface area contributed by atoms with E-state index in [9.17, 15) is 13.2 Å². The molecule has 0 saturated carbocycles. The second kappa shape index (κ2) is 5.67. The van der Waals surface area contributed by atoms with Gasteiger partial charge in [0.2, 0.25) is 10.0 Å². The summed E-state index contributed by atoms with van der Waals surface area (Å²) in [5.74, 6) is 0.395. The summed E-state index contributed by atoms with van der Waals surface area (Å²) in [6, 6.07) is 4.30. The van der Waals surface area contributed by atoms with Crippen LogP contribution in [-0.4, -0.2) is 35.6 Å². The van der Waals surface area contributed by atoms with Gasteiger partial charge in [-0.15, -0.1) is 0 Å². The van der Waals surface area contributed by atoms with Gasteiger partial charge in [0.15, 0.2) is 0 Å². The average Bonchev–Trinajstić information content (AvgIpc) is 3.04. The molecule has 0 aliphatic carbocycles. The molecule has 9 heteroatoms. The number of aromatic nitrogens is 3. The molecule has 0 saturated heterocycles. The van der Waals surface area contributed by atoms with Crippen molar-refractivity contribution in [1.29, 1.82) is 0 Å². The molecule has 24 heavy (non-hydrogen) atoms. The molecular weight excluding hydrogens is 330 g/mol. The highest BCUT2D eigenvalue weighted by Gasteiger charge is 2.28. The Balaban J connectivity index is 1.65. The SMILES string of the molecule is O=C1NCCc2ccc(S(=O)(=O)N[C@@H]3CCCn4ncnc43)cc21. The van der Waals surface area contributed by atoms with Crippen LogP contribution in [0.15, 0.2) is 29.4 Å². The zero-order chi connectivity index (χ0) is 16.7. The molecule has 1 amide bonds. The van der Waals surface area contributed by atoms with Crippen molar-refractivity contribution >= 4 is 15.9 Å². The molecule has 0 fully saturated rings. The van der Waals surface area contributed by atoms with E-state index in [2.05, 4.69) is 20.1 Å². The van der Waals surface area contributed by atoms with Crippen LogP contribution in [0.5, 0.6) is 0 Å². The highest BCUT2D eigenvalue weighted by Crippen LogP contribution is 2.25. The third-order valence-corrected chi connectivity index (χ3v) is 5.90. The van der Waals surface area contributed by atoms with E-state index in [-0.39, 0.29) is 10.8 Å². The number of amides is 1. The number of hydrogen-bond acceptors (Lipinski definition) is 5. The molecule has 1 aromatic carbocycles. The predicted molar refractivity (Wildman–Crippen MR) is 84.8 cm³/mol. The summed E-state index contributed by atoms with van der Waals surface area (Å²) >= 11 is 0. The third kappa shape index (κ3) is 2.59. The quantitative estimate of drug-likeness (QED) is 0.835. The topological polar surface area (TPSA) is 106 Å². The van der Waals surface area contributed by atoms with Gasteiger partial charge in [-0.05, 0) is 37.0 Å². The molecule has 2 aliphatic heterocycles. The van der Waals surface area contributed by atoms with Gasteiger partial charge in [0.05, 0.1) is 10.9 Å². The molecule has 2 aliphatic rings. The number of nitrogens with zero attached hydrogens (tertiary/aromatic N) is 3. The molecule has 8 nitrogen and oxygen atoms in total. The fourth-order valence-corrected chi connectivity index (χ4v) is 4.47. The third-order valence-electron chi connectivity index (χ3n) is 4.43. The Morgan fingerprint density at radius 2 is 2.21 bits per heavy atom. The summed E-state index contributed by atoms with van der Waals surface area (Å²) in [4.78, 5) is 16.2. The summed E-state index contributed by atoms with van der Waals surface area (Å²) in [7, 11) is -3.75. The van der Waals surface area contributed by atoms with Crippen molar-refractivity contribution in [3.63, 3.8) is 0 Å². The van der Waals surface area contributed by atoms with Gasteiger partial charge in [-0.2, -0.15) is 5.10 Å². The van der Waals surface area contributed by atoms with Gasteiger partial charge < -0.3 is 5.32 Å². The number of carbonyl (C=O) groups is 1. The highest BCUT2D eigenvalue weighted by atomic mass is 32.2. The van der Waals surface area contributed by atoms with Crippen molar-refractivity contribution in [2.24, 2.45) is 0 Å². The lowest BCUT2D eigenvalue weighted by Crippen LogP contribution is -2.34. The maximum absolute atomic E-state index is 12.7. The molecule has 0 unspecified atom stereocenters. The van der Waals surface area contributed by atoms with E-state index in [1.807, 2.05) is 0 Å². The monoisotopic (exact) mass is 347 g/mol. The summed E-state index contributed by atoms with van der Waals surface area (Å²) in [6.07, 6.45) is 3.64. The summed E-state index contributed by atoms with van der Waals surface area (Å²) in [5, 5.41) is 6.83. The van der Waals surface area contributed by atoms with Crippen LogP contribution >= 0.6 is 0 Å². The Hall–Kier alpha value is -2.26. The first-order chi connectivity index (χ1) is 11.5. The van der Waals surface area contributed by atoms with Crippen LogP contribution in [0.4, 0.5) is 0 Å². The van der Waals surface area contributed by atoms with Crippen molar-refractivity contribution in [1.82, 2.24) is 24.8 Å². The maximum Gasteiger partial charge on any atom is 0.251 e. The van der Waals surface area contributed by atoms with Crippen LogP contribution < -0.4 is 10.0 Å². The molecule has 1 atom stereocenters. The van der Waals surface area contributed by atoms with Crippen molar-refractivity contribution < 1.29 is 13.2 Å². The van der Waals surface area contributed by atoms with Crippen LogP contribution in [0.1, 0.15) is 40.6 Å².